The molecule has 0 aliphatic rings. The first kappa shape index (κ1) is 37.5. The number of aryl methyl sites for hydroxylation is 2. The zero-order valence-electron chi connectivity index (χ0n) is 27.3. The molecule has 0 aliphatic carbocycles. The SMILES string of the molecule is C=C/C(CCCN(C)C/N=C\C(C)=C/N=C)=C(CCC)\C(=C\C=C(C)C)C(=C)/C=C\N.CCc1cccc(C)c1C. The Labute approximate surface area is 252 Å². The Bertz CT molecular complexity index is 1150. The Balaban J connectivity index is 0.00000133. The number of rotatable bonds is 16. The van der Waals surface area contributed by atoms with Crippen LogP contribution in [0.15, 0.2) is 111 Å². The fraction of sp³-hybridized carbons (Fsp3) is 0.405. The molecule has 0 saturated heterocycles. The average Bonchev–Trinajstić information content (AvgIpc) is 2.93. The molecule has 0 amide bonds. The van der Waals surface area contributed by atoms with Crippen LogP contribution < -0.4 is 5.73 Å². The van der Waals surface area contributed by atoms with E-state index in [-0.39, 0.29) is 0 Å². The van der Waals surface area contributed by atoms with Gasteiger partial charge in [-0.05, 0) is 137 Å². The molecule has 0 aliphatic heterocycles. The number of allylic oxidation sites excluding steroid dienone is 10. The van der Waals surface area contributed by atoms with Gasteiger partial charge in [0.05, 0.1) is 6.67 Å². The van der Waals surface area contributed by atoms with Crippen LogP contribution in [0.1, 0.15) is 77.0 Å². The van der Waals surface area contributed by atoms with Gasteiger partial charge >= 0.3 is 0 Å². The van der Waals surface area contributed by atoms with Crippen LogP contribution in [0.25, 0.3) is 0 Å². The Morgan fingerprint density at radius 3 is 2.32 bits per heavy atom. The number of hydrogen-bond donors (Lipinski definition) is 1. The van der Waals surface area contributed by atoms with Gasteiger partial charge in [-0.25, -0.2) is 0 Å². The summed E-state index contributed by atoms with van der Waals surface area (Å²) in [6.07, 6.45) is 18.4. The molecule has 2 N–H and O–H groups in total. The minimum absolute atomic E-state index is 0.654. The molecule has 1 rings (SSSR count). The van der Waals surface area contributed by atoms with Gasteiger partial charge in [-0.3, -0.25) is 14.9 Å². The van der Waals surface area contributed by atoms with Crippen molar-refractivity contribution in [1.82, 2.24) is 4.90 Å². The standard InChI is InChI=1S/C27H42N4.C10H14/c1-9-12-27(26(15-14-22(3)4)24(6)16-17-28)25(10-2)13-11-18-31(8)21-30-20-23(5)19-29-7;1-4-10-7-5-6-8(2)9(10)3/h10,14-17,19-20H,2,6-7,9,11-13,18,21,28H2,1,3-5,8H3;5-7H,4H2,1-3H3/b17-16-,23-19-,26-15+,27-25+,30-20-;. The average molecular weight is 557 g/mol. The summed E-state index contributed by atoms with van der Waals surface area (Å²) < 4.78 is 0. The van der Waals surface area contributed by atoms with Crippen LogP contribution in [0.2, 0.25) is 0 Å². The Kier molecular flexibility index (Phi) is 20.3. The van der Waals surface area contributed by atoms with E-state index in [0.717, 1.165) is 55.4 Å². The molecule has 41 heavy (non-hydrogen) atoms. The minimum atomic E-state index is 0.654. The molecule has 0 aromatic heterocycles. The number of nitrogens with zero attached hydrogens (tertiary/aromatic N) is 3. The quantitative estimate of drug-likeness (QED) is 0.163. The van der Waals surface area contributed by atoms with Crippen molar-refractivity contribution >= 4 is 12.9 Å². The summed E-state index contributed by atoms with van der Waals surface area (Å²) in [5.41, 5.74) is 16.8. The van der Waals surface area contributed by atoms with Gasteiger partial charge in [0.2, 0.25) is 0 Å². The lowest BCUT2D eigenvalue weighted by Crippen LogP contribution is -2.20. The van der Waals surface area contributed by atoms with Crippen LogP contribution in [-0.2, 0) is 6.42 Å². The molecule has 0 unspecified atom stereocenters. The van der Waals surface area contributed by atoms with Gasteiger partial charge in [0.1, 0.15) is 0 Å². The Hall–Kier alpha value is -3.50. The normalized spacial score (nSPS) is 12.7. The molecule has 0 atom stereocenters. The van der Waals surface area contributed by atoms with E-state index in [1.165, 1.54) is 33.4 Å². The van der Waals surface area contributed by atoms with Crippen molar-refractivity contribution in [3.63, 3.8) is 0 Å². The number of aliphatic imine (C=N–C) groups is 2. The third-order valence-corrected chi connectivity index (χ3v) is 6.68. The van der Waals surface area contributed by atoms with Gasteiger partial charge in [0.15, 0.2) is 0 Å². The topological polar surface area (TPSA) is 54.0 Å². The highest BCUT2D eigenvalue weighted by molar-refractivity contribution is 5.77. The van der Waals surface area contributed by atoms with Gasteiger partial charge in [0.25, 0.3) is 0 Å². The molecule has 0 radical (unpaired) electrons. The third-order valence-electron chi connectivity index (χ3n) is 6.68. The second-order valence-corrected chi connectivity index (χ2v) is 10.6. The van der Waals surface area contributed by atoms with Crippen LogP contribution in [-0.4, -0.2) is 38.1 Å². The predicted octanol–water partition coefficient (Wildman–Crippen LogP) is 9.40. The third kappa shape index (κ3) is 15.8. The molecule has 0 saturated carbocycles. The number of hydrogen-bond acceptors (Lipinski definition) is 4. The number of benzene rings is 1. The van der Waals surface area contributed by atoms with E-state index in [4.69, 9.17) is 5.73 Å². The lowest BCUT2D eigenvalue weighted by Gasteiger charge is -2.18. The molecule has 1 aromatic rings. The molecule has 0 fully saturated rings. The highest BCUT2D eigenvalue weighted by Gasteiger charge is 2.12. The first-order chi connectivity index (χ1) is 19.6. The lowest BCUT2D eigenvalue weighted by molar-refractivity contribution is 0.341. The van der Waals surface area contributed by atoms with Crippen molar-refractivity contribution in [2.24, 2.45) is 15.7 Å². The summed E-state index contributed by atoms with van der Waals surface area (Å²) in [5, 5.41) is 0. The van der Waals surface area contributed by atoms with Crippen molar-refractivity contribution in [3.8, 4) is 0 Å². The second-order valence-electron chi connectivity index (χ2n) is 10.6. The molecule has 0 spiro atoms. The maximum absolute atomic E-state index is 5.65. The van der Waals surface area contributed by atoms with Crippen molar-refractivity contribution < 1.29 is 0 Å². The van der Waals surface area contributed by atoms with Crippen molar-refractivity contribution in [2.75, 3.05) is 20.3 Å². The Morgan fingerprint density at radius 2 is 1.78 bits per heavy atom. The predicted molar refractivity (Wildman–Crippen MR) is 186 cm³/mol. The summed E-state index contributed by atoms with van der Waals surface area (Å²) in [6, 6.07) is 6.48. The van der Waals surface area contributed by atoms with E-state index >= 15 is 0 Å². The fourth-order valence-corrected chi connectivity index (χ4v) is 4.26. The maximum atomic E-state index is 5.65. The van der Waals surface area contributed by atoms with Gasteiger partial charge in [-0.1, -0.05) is 75.4 Å². The summed E-state index contributed by atoms with van der Waals surface area (Å²) in [7, 11) is 2.08. The molecule has 0 bridgehead atoms. The first-order valence-electron chi connectivity index (χ1n) is 14.7. The molecule has 4 heteroatoms. The van der Waals surface area contributed by atoms with Crippen LogP contribution in [0.4, 0.5) is 0 Å². The second kappa shape index (κ2) is 22.2. The van der Waals surface area contributed by atoms with Gasteiger partial charge in [0, 0.05) is 12.4 Å². The van der Waals surface area contributed by atoms with Crippen LogP contribution in [0.5, 0.6) is 0 Å². The molecular weight excluding hydrogens is 500 g/mol. The summed E-state index contributed by atoms with van der Waals surface area (Å²) >= 11 is 0. The largest absolute Gasteiger partial charge is 0.405 e. The van der Waals surface area contributed by atoms with E-state index in [1.54, 1.807) is 12.4 Å². The van der Waals surface area contributed by atoms with E-state index in [2.05, 4.69) is 114 Å². The molecular formula is C37H56N4. The van der Waals surface area contributed by atoms with Crippen LogP contribution in [0, 0.1) is 13.8 Å². The maximum Gasteiger partial charge on any atom is 0.0907 e. The Morgan fingerprint density at radius 1 is 1.07 bits per heavy atom. The van der Waals surface area contributed by atoms with Crippen molar-refractivity contribution in [3.05, 3.63) is 118 Å². The van der Waals surface area contributed by atoms with Crippen LogP contribution in [0.3, 0.4) is 0 Å². The highest BCUT2D eigenvalue weighted by Crippen LogP contribution is 2.29. The smallest absolute Gasteiger partial charge is 0.0907 e. The van der Waals surface area contributed by atoms with Gasteiger partial charge in [-0.2, -0.15) is 0 Å². The van der Waals surface area contributed by atoms with Gasteiger partial charge in [-0.15, -0.1) is 0 Å². The van der Waals surface area contributed by atoms with Gasteiger partial charge < -0.3 is 5.73 Å². The first-order valence-corrected chi connectivity index (χ1v) is 14.7. The minimum Gasteiger partial charge on any atom is -0.405 e. The van der Waals surface area contributed by atoms with Crippen LogP contribution >= 0.6 is 0 Å². The fourth-order valence-electron chi connectivity index (χ4n) is 4.26. The molecule has 1 aromatic carbocycles. The zero-order chi connectivity index (χ0) is 31.2. The molecule has 4 nitrogen and oxygen atoms in total. The van der Waals surface area contributed by atoms with E-state index in [1.807, 2.05) is 25.3 Å². The molecule has 0 heterocycles. The highest BCUT2D eigenvalue weighted by atomic mass is 15.2. The molecule has 224 valence electrons. The number of nitrogens with two attached hydrogens (primary N) is 1. The van der Waals surface area contributed by atoms with E-state index in [9.17, 15) is 0 Å². The van der Waals surface area contributed by atoms with E-state index in [0.29, 0.717) is 6.67 Å². The monoisotopic (exact) mass is 556 g/mol. The zero-order valence-corrected chi connectivity index (χ0v) is 27.3. The summed E-state index contributed by atoms with van der Waals surface area (Å²) in [5.74, 6) is 0. The summed E-state index contributed by atoms with van der Waals surface area (Å²) in [6.45, 7) is 28.3. The lowest BCUT2D eigenvalue weighted by atomic mass is 9.88. The van der Waals surface area contributed by atoms with Crippen molar-refractivity contribution in [2.45, 2.75) is 80.6 Å². The van der Waals surface area contributed by atoms with E-state index < -0.39 is 0 Å². The van der Waals surface area contributed by atoms with Crippen molar-refractivity contribution in [1.29, 1.82) is 0 Å². The summed E-state index contributed by atoms with van der Waals surface area (Å²) in [4.78, 5) is 10.4.